The molecular formula is C20H37IN6O2. The summed E-state index contributed by atoms with van der Waals surface area (Å²) in [5.41, 5.74) is 0.0794. The minimum absolute atomic E-state index is 0. The number of nitrogens with zero attached hydrogens (tertiary/aromatic N) is 4. The van der Waals surface area contributed by atoms with Crippen LogP contribution in [0.5, 0.6) is 0 Å². The molecule has 1 saturated heterocycles. The molecule has 29 heavy (non-hydrogen) atoms. The van der Waals surface area contributed by atoms with Crippen molar-refractivity contribution in [1.29, 1.82) is 0 Å². The van der Waals surface area contributed by atoms with Crippen LogP contribution >= 0.6 is 24.0 Å². The van der Waals surface area contributed by atoms with Gasteiger partial charge in [0.2, 0.25) is 0 Å². The van der Waals surface area contributed by atoms with E-state index in [4.69, 9.17) is 14.5 Å². The standard InChI is InChI=1S/C20H36N6O2.HI/c1-16-24-25-18(26(16)2)15-22-19(21-11-7-12-27-3)23-17-8-13-28-20(14-17)9-5-4-6-10-20;/h17H,4-15H2,1-3H3,(H2,21,22,23);1H. The average molecular weight is 520 g/mol. The summed E-state index contributed by atoms with van der Waals surface area (Å²) in [5, 5.41) is 15.5. The zero-order valence-electron chi connectivity index (χ0n) is 18.1. The Balaban J connectivity index is 0.00000300. The first kappa shape index (κ1) is 24.3. The number of aliphatic imine (C=N–C) groups is 1. The van der Waals surface area contributed by atoms with Gasteiger partial charge >= 0.3 is 0 Å². The fourth-order valence-electron chi connectivity index (χ4n) is 4.20. The van der Waals surface area contributed by atoms with E-state index in [0.717, 1.165) is 56.6 Å². The molecule has 3 rings (SSSR count). The lowest BCUT2D eigenvalue weighted by Gasteiger charge is -2.44. The topological polar surface area (TPSA) is 85.6 Å². The molecule has 9 heteroatoms. The van der Waals surface area contributed by atoms with E-state index in [9.17, 15) is 0 Å². The Hall–Kier alpha value is -0.940. The molecule has 1 aliphatic carbocycles. The van der Waals surface area contributed by atoms with E-state index >= 15 is 0 Å². The van der Waals surface area contributed by atoms with Crippen LogP contribution in [0.3, 0.4) is 0 Å². The SMILES string of the molecule is COCCCNC(=NCc1nnc(C)n1C)NC1CCOC2(CCCCC2)C1.I. The minimum atomic E-state index is 0. The van der Waals surface area contributed by atoms with Gasteiger partial charge in [0.15, 0.2) is 11.8 Å². The molecule has 1 aliphatic heterocycles. The molecule has 0 amide bonds. The third-order valence-corrected chi connectivity index (χ3v) is 5.98. The van der Waals surface area contributed by atoms with Gasteiger partial charge in [0.1, 0.15) is 12.4 Å². The van der Waals surface area contributed by atoms with E-state index in [1.54, 1.807) is 7.11 Å². The van der Waals surface area contributed by atoms with Crippen LogP contribution in [-0.4, -0.2) is 59.2 Å². The van der Waals surface area contributed by atoms with E-state index in [-0.39, 0.29) is 29.6 Å². The van der Waals surface area contributed by atoms with Crippen molar-refractivity contribution in [3.05, 3.63) is 11.6 Å². The van der Waals surface area contributed by atoms with Crippen LogP contribution in [0.15, 0.2) is 4.99 Å². The number of ether oxygens (including phenoxy) is 2. The molecule has 2 heterocycles. The lowest BCUT2D eigenvalue weighted by Crippen LogP contribution is -2.52. The molecule has 8 nitrogen and oxygen atoms in total. The largest absolute Gasteiger partial charge is 0.385 e. The number of aromatic nitrogens is 3. The molecule has 1 aromatic heterocycles. The molecule has 166 valence electrons. The van der Waals surface area contributed by atoms with Gasteiger partial charge in [-0.1, -0.05) is 19.3 Å². The fourth-order valence-corrected chi connectivity index (χ4v) is 4.20. The van der Waals surface area contributed by atoms with Crippen LogP contribution in [-0.2, 0) is 23.1 Å². The van der Waals surface area contributed by atoms with Gasteiger partial charge in [-0.15, -0.1) is 34.2 Å². The number of hydrogen-bond donors (Lipinski definition) is 2. The second-order valence-corrected chi connectivity index (χ2v) is 8.09. The van der Waals surface area contributed by atoms with Crippen LogP contribution in [0.2, 0.25) is 0 Å². The number of nitrogens with one attached hydrogen (secondary N) is 2. The van der Waals surface area contributed by atoms with Gasteiger partial charge in [-0.2, -0.15) is 0 Å². The van der Waals surface area contributed by atoms with Gasteiger partial charge in [0, 0.05) is 40.0 Å². The van der Waals surface area contributed by atoms with E-state index < -0.39 is 0 Å². The first-order valence-electron chi connectivity index (χ1n) is 10.6. The first-order chi connectivity index (χ1) is 13.6. The highest BCUT2D eigenvalue weighted by atomic mass is 127. The Kier molecular flexibility index (Phi) is 10.1. The smallest absolute Gasteiger partial charge is 0.191 e. The Morgan fingerprint density at radius 3 is 2.79 bits per heavy atom. The van der Waals surface area contributed by atoms with E-state index in [2.05, 4.69) is 20.8 Å². The normalized spacial score (nSPS) is 21.6. The van der Waals surface area contributed by atoms with Gasteiger partial charge in [0.05, 0.1) is 5.60 Å². The van der Waals surface area contributed by atoms with Gasteiger partial charge in [-0.25, -0.2) is 4.99 Å². The maximum absolute atomic E-state index is 6.24. The molecule has 1 aromatic rings. The zero-order valence-corrected chi connectivity index (χ0v) is 20.4. The van der Waals surface area contributed by atoms with Crippen molar-refractivity contribution in [2.45, 2.75) is 76.5 Å². The Labute approximate surface area is 191 Å². The van der Waals surface area contributed by atoms with Crippen molar-refractivity contribution in [2.24, 2.45) is 12.0 Å². The summed E-state index contributed by atoms with van der Waals surface area (Å²) in [7, 11) is 3.71. The minimum Gasteiger partial charge on any atom is -0.385 e. The molecule has 2 N–H and O–H groups in total. The summed E-state index contributed by atoms with van der Waals surface area (Å²) in [4.78, 5) is 4.78. The zero-order chi connectivity index (χ0) is 19.8. The van der Waals surface area contributed by atoms with Gasteiger partial charge in [-0.3, -0.25) is 0 Å². The van der Waals surface area contributed by atoms with Gasteiger partial charge < -0.3 is 24.7 Å². The van der Waals surface area contributed by atoms with E-state index in [1.165, 1.54) is 32.1 Å². The van der Waals surface area contributed by atoms with Crippen LogP contribution in [0.4, 0.5) is 0 Å². The van der Waals surface area contributed by atoms with Crippen LogP contribution in [0, 0.1) is 6.92 Å². The van der Waals surface area contributed by atoms with Gasteiger partial charge in [-0.05, 0) is 39.0 Å². The summed E-state index contributed by atoms with van der Waals surface area (Å²) in [6, 6.07) is 0.391. The Morgan fingerprint density at radius 2 is 2.10 bits per heavy atom. The summed E-state index contributed by atoms with van der Waals surface area (Å²) < 4.78 is 13.4. The van der Waals surface area contributed by atoms with Crippen LogP contribution < -0.4 is 10.6 Å². The molecule has 1 spiro atoms. The van der Waals surface area contributed by atoms with Crippen molar-refractivity contribution in [3.8, 4) is 0 Å². The van der Waals surface area contributed by atoms with E-state index in [0.29, 0.717) is 12.6 Å². The summed E-state index contributed by atoms with van der Waals surface area (Å²) in [6.45, 7) is 4.85. The highest BCUT2D eigenvalue weighted by Crippen LogP contribution is 2.38. The van der Waals surface area contributed by atoms with Crippen LogP contribution in [0.1, 0.15) is 63.0 Å². The number of methoxy groups -OCH3 is 1. The highest BCUT2D eigenvalue weighted by Gasteiger charge is 2.38. The molecule has 0 radical (unpaired) electrons. The maximum atomic E-state index is 6.24. The Bertz CT molecular complexity index is 639. The molecule has 2 fully saturated rings. The van der Waals surface area contributed by atoms with Crippen molar-refractivity contribution in [3.63, 3.8) is 0 Å². The number of halogens is 1. The molecule has 0 aromatic carbocycles. The van der Waals surface area contributed by atoms with Crippen molar-refractivity contribution in [2.75, 3.05) is 26.9 Å². The summed E-state index contributed by atoms with van der Waals surface area (Å²) >= 11 is 0. The van der Waals surface area contributed by atoms with Crippen molar-refractivity contribution in [1.82, 2.24) is 25.4 Å². The third-order valence-electron chi connectivity index (χ3n) is 5.98. The Morgan fingerprint density at radius 1 is 1.31 bits per heavy atom. The first-order valence-corrected chi connectivity index (χ1v) is 10.6. The summed E-state index contributed by atoms with van der Waals surface area (Å²) in [5.74, 6) is 2.61. The quantitative estimate of drug-likeness (QED) is 0.249. The second-order valence-electron chi connectivity index (χ2n) is 8.09. The van der Waals surface area contributed by atoms with Crippen LogP contribution in [0.25, 0.3) is 0 Å². The lowest BCUT2D eigenvalue weighted by atomic mass is 9.78. The third kappa shape index (κ3) is 7.06. The number of rotatable bonds is 7. The number of aryl methyl sites for hydroxylation is 1. The van der Waals surface area contributed by atoms with E-state index in [1.807, 2.05) is 18.5 Å². The highest BCUT2D eigenvalue weighted by molar-refractivity contribution is 14.0. The molecule has 1 saturated carbocycles. The van der Waals surface area contributed by atoms with Crippen molar-refractivity contribution >= 4 is 29.9 Å². The average Bonchev–Trinajstić information content (AvgIpc) is 3.02. The second kappa shape index (κ2) is 12.0. The molecule has 0 bridgehead atoms. The van der Waals surface area contributed by atoms with Crippen molar-refractivity contribution < 1.29 is 9.47 Å². The summed E-state index contributed by atoms with van der Waals surface area (Å²) in [6.07, 6.45) is 9.32. The number of hydrogen-bond acceptors (Lipinski definition) is 5. The monoisotopic (exact) mass is 520 g/mol. The molecule has 2 aliphatic rings. The lowest BCUT2D eigenvalue weighted by molar-refractivity contribution is -0.107. The molecule has 1 atom stereocenters. The molecule has 1 unspecified atom stereocenters. The fraction of sp³-hybridized carbons (Fsp3) is 0.850. The number of guanidine groups is 1. The predicted octanol–water partition coefficient (Wildman–Crippen LogP) is 2.70. The predicted molar refractivity (Wildman–Crippen MR) is 125 cm³/mol. The maximum Gasteiger partial charge on any atom is 0.191 e. The molecular weight excluding hydrogens is 483 g/mol. The van der Waals surface area contributed by atoms with Gasteiger partial charge in [0.25, 0.3) is 0 Å².